The van der Waals surface area contributed by atoms with E-state index in [1.807, 2.05) is 24.3 Å². The number of likely N-dealkylation sites (N-methyl/N-ethyl adjacent to an activating group) is 3. The number of carbonyl (C=O) groups excluding carboxylic acids is 3. The Bertz CT molecular complexity index is 5820. The molecule has 0 saturated carbocycles. The summed E-state index contributed by atoms with van der Waals surface area (Å²) in [6, 6.07) is 43.2. The predicted molar refractivity (Wildman–Crippen MR) is 518 cm³/mol. The van der Waals surface area contributed by atoms with Crippen molar-refractivity contribution < 1.29 is 33.3 Å². The molecule has 6 fully saturated rings. The highest BCUT2D eigenvalue weighted by molar-refractivity contribution is 6.36. The van der Waals surface area contributed by atoms with Crippen LogP contribution in [0.3, 0.4) is 0 Å². The van der Waals surface area contributed by atoms with E-state index in [0.29, 0.717) is 141 Å². The Morgan fingerprint density at radius 2 is 0.759 bits per heavy atom. The largest absolute Gasteiger partial charge is 0.462 e. The lowest BCUT2D eigenvalue weighted by atomic mass is 9.99. The Hall–Kier alpha value is -13.3. The minimum absolute atomic E-state index is 0.0980. The van der Waals surface area contributed by atoms with Gasteiger partial charge in [0.2, 0.25) is 37.4 Å². The van der Waals surface area contributed by atoms with E-state index in [4.69, 9.17) is 90.7 Å². The van der Waals surface area contributed by atoms with E-state index in [-0.39, 0.29) is 55.5 Å². The van der Waals surface area contributed by atoms with Crippen molar-refractivity contribution in [1.82, 2.24) is 59.3 Å². The Morgan fingerprint density at radius 3 is 1.09 bits per heavy atom. The van der Waals surface area contributed by atoms with Gasteiger partial charge in [0.1, 0.15) is 55.4 Å². The Labute approximate surface area is 784 Å². The highest BCUT2D eigenvalue weighted by Crippen LogP contribution is 2.42. The molecule has 9 aliphatic heterocycles. The second-order valence-electron chi connectivity index (χ2n) is 35.8. The molecule has 0 spiro atoms. The van der Waals surface area contributed by atoms with E-state index >= 15 is 0 Å². The highest BCUT2D eigenvalue weighted by Gasteiger charge is 2.41. The van der Waals surface area contributed by atoms with Gasteiger partial charge < -0.3 is 92.3 Å². The van der Waals surface area contributed by atoms with Gasteiger partial charge in [0, 0.05) is 184 Å². The minimum atomic E-state index is -0.307. The molecule has 6 saturated heterocycles. The van der Waals surface area contributed by atoms with Crippen molar-refractivity contribution in [2.24, 2.45) is 0 Å². The summed E-state index contributed by atoms with van der Waals surface area (Å²) in [4.78, 5) is 105. The first-order valence-corrected chi connectivity index (χ1v) is 46.8. The molecule has 9 aliphatic rings. The molecule has 0 bridgehead atoms. The lowest BCUT2D eigenvalue weighted by Gasteiger charge is -2.41. The van der Waals surface area contributed by atoms with Crippen LogP contribution in [0.15, 0.2) is 146 Å². The monoisotopic (exact) mass is 1810 g/mol. The quantitative estimate of drug-likeness (QED) is 0.0327. The summed E-state index contributed by atoms with van der Waals surface area (Å²) in [5, 5.41) is 25.7. The molecule has 6 aromatic carbocycles. The molecule has 0 N–H and O–H groups in total. The molecule has 30 nitrogen and oxygen atoms in total. The standard InChI is InChI=1S/C34H40ClN7O3.2C34H38N8O2/c1-36-20-26-21-41(17-18-42(26)31(43)13-7-19-44-3)33-27-14-16-40(30-12-5-9-24-8-4-11-28(35)32(24)30)22-29(27)37-34(38-33)45-23-25-10-6-15-39(25)2;2*1-24-8-4-9-25-10-5-12-30(32(24)25)40-17-14-28-29(22-40)37-34(44-23-26-11-7-16-39(26)3)38-33(28)41-18-19-42(27(21-41)20-36-2)31(43)13-6-15-35/h4-5,7-9,11-13,25-26H,6,10,14-23H2,2-3H3;2*4-6,8-10,12-13,26-27H,7,11,14,16-23H2,1,3H3/b13-7+;13-6+;13-6-/t25-,26-;2*26-,27-/m000/s1. The van der Waals surface area contributed by atoms with E-state index in [1.54, 1.807) is 34.0 Å². The Kier molecular flexibility index (Phi) is 30.4. The van der Waals surface area contributed by atoms with Gasteiger partial charge in [0.05, 0.1) is 60.5 Å². The topological polar surface area (TPSA) is 265 Å². The minimum Gasteiger partial charge on any atom is -0.462 e. The summed E-state index contributed by atoms with van der Waals surface area (Å²) in [7, 11) is 8.00. The molecule has 3 aromatic heterocycles. The number of hydrogen-bond donors (Lipinski definition) is 0. The number of piperazine rings is 3. The van der Waals surface area contributed by atoms with Crippen LogP contribution in [-0.4, -0.2) is 286 Å². The van der Waals surface area contributed by atoms with Crippen molar-refractivity contribution >= 4 is 96.2 Å². The van der Waals surface area contributed by atoms with Crippen molar-refractivity contribution in [3.05, 3.63) is 230 Å². The maximum Gasteiger partial charge on any atom is 0.318 e. The van der Waals surface area contributed by atoms with Crippen LogP contribution in [-0.2, 0) is 58.0 Å². The van der Waals surface area contributed by atoms with Crippen LogP contribution >= 0.6 is 11.6 Å². The number of anilines is 6. The smallest absolute Gasteiger partial charge is 0.318 e. The van der Waals surface area contributed by atoms with Crippen LogP contribution < -0.4 is 43.6 Å². The summed E-state index contributed by atoms with van der Waals surface area (Å²) in [5.74, 6) is 1.95. The first-order chi connectivity index (χ1) is 64.9. The fourth-order valence-electron chi connectivity index (χ4n) is 20.5. The fourth-order valence-corrected chi connectivity index (χ4v) is 20.7. The molecule has 18 rings (SSSR count). The molecule has 0 aliphatic carbocycles. The summed E-state index contributed by atoms with van der Waals surface area (Å²) < 4.78 is 24.0. The van der Waals surface area contributed by atoms with Gasteiger partial charge in [-0.15, -0.1) is 0 Å². The van der Waals surface area contributed by atoms with Crippen molar-refractivity contribution in [1.29, 1.82) is 10.5 Å². The number of carbonyl (C=O) groups is 3. The van der Waals surface area contributed by atoms with Gasteiger partial charge in [-0.3, -0.25) is 14.4 Å². The van der Waals surface area contributed by atoms with E-state index in [9.17, 15) is 14.4 Å². The van der Waals surface area contributed by atoms with Gasteiger partial charge in [-0.2, -0.15) is 40.4 Å². The molecule has 6 atom stereocenters. The predicted octanol–water partition coefficient (Wildman–Crippen LogP) is 12.4. The number of allylic oxidation sites excluding steroid dienone is 2. The number of aromatic nitrogens is 6. The Balaban J connectivity index is 0.000000145. The van der Waals surface area contributed by atoms with Gasteiger partial charge in [0.15, 0.2) is 0 Å². The molecular formula is C102H116ClN23O7. The summed E-state index contributed by atoms with van der Waals surface area (Å²) in [5.41, 5.74) is 12.2. The third-order valence-corrected chi connectivity index (χ3v) is 27.9. The summed E-state index contributed by atoms with van der Waals surface area (Å²) in [6.45, 7) is 41.7. The number of nitrogens with zero attached hydrogens (tertiary/aromatic N) is 23. The maximum absolute atomic E-state index is 13.0. The Morgan fingerprint density at radius 1 is 0.429 bits per heavy atom. The van der Waals surface area contributed by atoms with Crippen LogP contribution in [0, 0.1) is 56.2 Å². The zero-order chi connectivity index (χ0) is 92.6. The van der Waals surface area contributed by atoms with Crippen LogP contribution in [0.5, 0.6) is 18.0 Å². The van der Waals surface area contributed by atoms with Gasteiger partial charge in [-0.05, 0) is 164 Å². The zero-order valence-electron chi connectivity index (χ0n) is 76.9. The first kappa shape index (κ1) is 93.0. The van der Waals surface area contributed by atoms with E-state index < -0.39 is 0 Å². The summed E-state index contributed by atoms with van der Waals surface area (Å²) in [6.07, 6.45) is 17.3. The number of nitriles is 2. The van der Waals surface area contributed by atoms with E-state index in [2.05, 4.69) is 191 Å². The molecular weight excluding hydrogens is 1690 g/mol. The van der Waals surface area contributed by atoms with Crippen molar-refractivity contribution in [3.63, 3.8) is 0 Å². The zero-order valence-corrected chi connectivity index (χ0v) is 77.6. The molecule has 0 radical (unpaired) electrons. The van der Waals surface area contributed by atoms with Crippen molar-refractivity contribution in [2.75, 3.05) is 202 Å². The first-order valence-electron chi connectivity index (χ1n) is 46.4. The molecule has 3 amide bonds. The number of rotatable bonds is 23. The van der Waals surface area contributed by atoms with Crippen molar-refractivity contribution in [2.45, 2.75) is 128 Å². The number of halogens is 1. The number of likely N-dealkylation sites (tertiary alicyclic amines) is 3. The highest BCUT2D eigenvalue weighted by atomic mass is 35.5. The van der Waals surface area contributed by atoms with Crippen LogP contribution in [0.1, 0.15) is 83.4 Å². The lowest BCUT2D eigenvalue weighted by molar-refractivity contribution is -0.129. The maximum atomic E-state index is 13.0. The van der Waals surface area contributed by atoms with Gasteiger partial charge in [0.25, 0.3) is 0 Å². The molecule has 31 heteroatoms. The number of hydrogen-bond acceptors (Lipinski definition) is 24. The molecule has 9 aromatic rings. The SMILES string of the molecule is [C-]#[N+]C[C@H]1CN(c2nc(OC[C@@H]3CCCN3C)nc3c2CCN(c2cccc4cccc(C)c24)C3)CCN1C(=O)/C=C/C#N.[C-]#[N+]C[C@H]1CN(c2nc(OC[C@@H]3CCCN3C)nc3c2CCN(c2cccc4cccc(C)c24)C3)CCN1C(=O)/C=C\C#N.[C-]#[N+]C[C@H]1CN(c2nc(OC[C@@H]3CCCN3C)nc3c2CCN(c2cccc4cccc(Cl)c24)C3)CCN1C(=O)/C=C/COC. The third kappa shape index (κ3) is 21.3. The van der Waals surface area contributed by atoms with Crippen LogP contribution in [0.25, 0.3) is 46.9 Å². The van der Waals surface area contributed by atoms with Crippen LogP contribution in [0.4, 0.5) is 34.5 Å². The van der Waals surface area contributed by atoms with Crippen LogP contribution in [0.2, 0.25) is 5.02 Å². The number of benzene rings is 6. The van der Waals surface area contributed by atoms with Gasteiger partial charge in [-0.1, -0.05) is 103 Å². The average Bonchev–Trinajstić information content (AvgIpc) is 1.73. The third-order valence-electron chi connectivity index (χ3n) is 27.6. The van der Waals surface area contributed by atoms with E-state index in [1.165, 1.54) is 68.4 Å². The number of fused-ring (bicyclic) bond motifs is 6. The normalized spacial score (nSPS) is 20.5. The number of amides is 3. The second-order valence-corrected chi connectivity index (χ2v) is 36.2. The van der Waals surface area contributed by atoms with E-state index in [0.717, 1.165) is 170 Å². The molecule has 133 heavy (non-hydrogen) atoms. The fraction of sp³-hybridized carbons (Fsp3) is 0.451. The lowest BCUT2D eigenvalue weighted by Crippen LogP contribution is -2.56. The van der Waals surface area contributed by atoms with Gasteiger partial charge in [-0.25, -0.2) is 19.7 Å². The number of ether oxygens (including phenoxy) is 4. The molecule has 0 unspecified atom stereocenters. The van der Waals surface area contributed by atoms with Gasteiger partial charge >= 0.3 is 18.0 Å². The summed E-state index contributed by atoms with van der Waals surface area (Å²) >= 11 is 6.72. The number of aryl methyl sites for hydroxylation is 2. The number of methoxy groups -OCH3 is 1. The molecule has 688 valence electrons. The average molecular weight is 1810 g/mol. The second kappa shape index (κ2) is 43.4. The van der Waals surface area contributed by atoms with Crippen molar-refractivity contribution in [3.8, 4) is 30.2 Å². The molecule has 12 heterocycles.